The number of halogens is 2. The first-order chi connectivity index (χ1) is 18.5. The number of piperazine rings is 1. The maximum atomic E-state index is 13.5. The van der Waals surface area contributed by atoms with Crippen LogP contribution < -0.4 is 5.32 Å². The van der Waals surface area contributed by atoms with Gasteiger partial charge in [-0.2, -0.15) is 5.01 Å². The van der Waals surface area contributed by atoms with E-state index in [9.17, 15) is 24.3 Å². The van der Waals surface area contributed by atoms with E-state index in [1.54, 1.807) is 13.0 Å². The molecule has 0 bridgehead atoms. The van der Waals surface area contributed by atoms with E-state index in [0.29, 0.717) is 11.5 Å². The van der Waals surface area contributed by atoms with Gasteiger partial charge in [0, 0.05) is 18.1 Å². The van der Waals surface area contributed by atoms with Gasteiger partial charge >= 0.3 is 12.0 Å². The fourth-order valence-corrected chi connectivity index (χ4v) is 5.27. The summed E-state index contributed by atoms with van der Waals surface area (Å²) in [4.78, 5) is 54.0. The van der Waals surface area contributed by atoms with Crippen molar-refractivity contribution in [2.75, 3.05) is 26.2 Å². The van der Waals surface area contributed by atoms with Crippen molar-refractivity contribution in [3.63, 3.8) is 0 Å². The molecule has 0 spiro atoms. The van der Waals surface area contributed by atoms with E-state index < -0.39 is 47.3 Å². The molecule has 0 radical (unpaired) electrons. The molecule has 206 valence electrons. The lowest BCUT2D eigenvalue weighted by atomic mass is 9.96. The molecule has 2 N–H and O–H groups in total. The normalized spacial score (nSPS) is 25.4. The number of urea groups is 1. The molecule has 2 fully saturated rings. The van der Waals surface area contributed by atoms with E-state index in [1.165, 1.54) is 19.8 Å². The number of nitrogens with one attached hydrogen (secondary N) is 1. The van der Waals surface area contributed by atoms with Gasteiger partial charge < -0.3 is 20.2 Å². The third kappa shape index (κ3) is 6.22. The Morgan fingerprint density at radius 3 is 2.62 bits per heavy atom. The van der Waals surface area contributed by atoms with Gasteiger partial charge in [0.25, 0.3) is 0 Å². The van der Waals surface area contributed by atoms with E-state index in [0.717, 1.165) is 11.1 Å². The van der Waals surface area contributed by atoms with Crippen LogP contribution in [0.3, 0.4) is 0 Å². The molecule has 2 aliphatic heterocycles. The van der Waals surface area contributed by atoms with Crippen molar-refractivity contribution in [3.8, 4) is 12.3 Å². The van der Waals surface area contributed by atoms with Crippen LogP contribution in [0.25, 0.3) is 0 Å². The van der Waals surface area contributed by atoms with Crippen LogP contribution >= 0.6 is 23.2 Å². The van der Waals surface area contributed by atoms with Crippen LogP contribution in [0.15, 0.2) is 53.1 Å². The molecule has 4 rings (SSSR count). The number of carboxylic acid groups (broad SMARTS) is 1. The molecule has 10 nitrogen and oxygen atoms in total. The minimum atomic E-state index is -1.30. The van der Waals surface area contributed by atoms with Crippen molar-refractivity contribution in [3.05, 3.63) is 58.7 Å². The summed E-state index contributed by atoms with van der Waals surface area (Å²) in [6.45, 7) is 1.74. The van der Waals surface area contributed by atoms with E-state index in [2.05, 4.69) is 11.2 Å². The van der Waals surface area contributed by atoms with E-state index in [-0.39, 0.29) is 32.7 Å². The molecule has 39 heavy (non-hydrogen) atoms. The second-order valence-electron chi connectivity index (χ2n) is 9.80. The first kappa shape index (κ1) is 28.5. The zero-order valence-electron chi connectivity index (χ0n) is 21.3. The smallest absolute Gasteiger partial charge is 0.334 e. The van der Waals surface area contributed by atoms with Gasteiger partial charge in [0.05, 0.1) is 30.9 Å². The largest absolute Gasteiger partial charge is 0.481 e. The molecule has 3 atom stereocenters. The zero-order valence-corrected chi connectivity index (χ0v) is 22.9. The number of aliphatic carboxylic acids is 1. The van der Waals surface area contributed by atoms with Crippen molar-refractivity contribution in [1.82, 2.24) is 25.1 Å². The summed E-state index contributed by atoms with van der Waals surface area (Å²) >= 11 is 12.8. The van der Waals surface area contributed by atoms with E-state index in [4.69, 9.17) is 29.6 Å². The Balaban J connectivity index is 1.65. The predicted molar refractivity (Wildman–Crippen MR) is 145 cm³/mol. The Hall–Kier alpha value is -3.52. The third-order valence-electron chi connectivity index (χ3n) is 6.90. The average molecular weight is 574 g/mol. The van der Waals surface area contributed by atoms with Gasteiger partial charge in [-0.15, -0.1) is 18.0 Å². The van der Waals surface area contributed by atoms with Gasteiger partial charge in [0.15, 0.2) is 0 Å². The maximum absolute atomic E-state index is 13.5. The summed E-state index contributed by atoms with van der Waals surface area (Å²) in [7, 11) is 0. The molecule has 1 aromatic rings. The highest BCUT2D eigenvalue weighted by atomic mass is 35.5. The molecular formula is C27H29Cl2N5O5. The molecule has 0 saturated carbocycles. The first-order valence-electron chi connectivity index (χ1n) is 12.4. The number of allylic oxidation sites excluding steroid dienone is 2. The molecule has 2 heterocycles. The van der Waals surface area contributed by atoms with Crippen molar-refractivity contribution in [1.29, 1.82) is 0 Å². The molecule has 4 amide bonds. The summed E-state index contributed by atoms with van der Waals surface area (Å²) in [5.74, 6) is 0.211. The van der Waals surface area contributed by atoms with Crippen molar-refractivity contribution >= 4 is 47.0 Å². The van der Waals surface area contributed by atoms with Crippen LogP contribution in [0, 0.1) is 12.3 Å². The lowest BCUT2D eigenvalue weighted by Crippen LogP contribution is -2.76. The number of fused-ring (bicyclic) bond motifs is 1. The van der Waals surface area contributed by atoms with E-state index in [1.807, 2.05) is 36.4 Å². The third-order valence-corrected chi connectivity index (χ3v) is 7.88. The SMILES string of the molecule is C#CCN1CC(=O)N2[C@@H](CC(=O)O)C(=O)N(CC3=CCC(C)(Cl)C(Cl)=C3)C[C@@H]2N1C(=O)NCc1ccccc1. The van der Waals surface area contributed by atoms with Gasteiger partial charge in [0.1, 0.15) is 12.2 Å². The molecule has 3 aliphatic rings. The molecular weight excluding hydrogens is 545 g/mol. The molecule has 1 unspecified atom stereocenters. The second-order valence-corrected chi connectivity index (χ2v) is 11.0. The summed E-state index contributed by atoms with van der Waals surface area (Å²) < 4.78 is 0. The van der Waals surface area contributed by atoms with Crippen LogP contribution in [-0.4, -0.2) is 92.0 Å². The van der Waals surface area contributed by atoms with E-state index >= 15 is 0 Å². The number of hydrogen-bond donors (Lipinski definition) is 2. The Bertz CT molecular complexity index is 1260. The van der Waals surface area contributed by atoms with Gasteiger partial charge in [-0.05, 0) is 30.6 Å². The average Bonchev–Trinajstić information content (AvgIpc) is 2.88. The highest BCUT2D eigenvalue weighted by molar-refractivity contribution is 6.39. The van der Waals surface area contributed by atoms with Gasteiger partial charge in [0.2, 0.25) is 11.8 Å². The van der Waals surface area contributed by atoms with Crippen molar-refractivity contribution in [2.24, 2.45) is 0 Å². The van der Waals surface area contributed by atoms with Crippen LogP contribution in [0.2, 0.25) is 0 Å². The molecule has 12 heteroatoms. The Morgan fingerprint density at radius 1 is 1.26 bits per heavy atom. The number of carbonyl (C=O) groups excluding carboxylic acids is 3. The number of carbonyl (C=O) groups is 4. The Morgan fingerprint density at radius 2 is 1.97 bits per heavy atom. The predicted octanol–water partition coefficient (Wildman–Crippen LogP) is 2.35. The lowest BCUT2D eigenvalue weighted by Gasteiger charge is -2.54. The highest BCUT2D eigenvalue weighted by Gasteiger charge is 2.52. The highest BCUT2D eigenvalue weighted by Crippen LogP contribution is 2.37. The quantitative estimate of drug-likeness (QED) is 0.382. The number of alkyl halides is 1. The monoisotopic (exact) mass is 573 g/mol. The number of benzene rings is 1. The van der Waals surface area contributed by atoms with Crippen LogP contribution in [-0.2, 0) is 20.9 Å². The maximum Gasteiger partial charge on any atom is 0.334 e. The fourth-order valence-electron chi connectivity index (χ4n) is 4.92. The summed E-state index contributed by atoms with van der Waals surface area (Å²) in [6.07, 6.45) is 7.96. The van der Waals surface area contributed by atoms with Crippen LogP contribution in [0.5, 0.6) is 0 Å². The molecule has 2 saturated heterocycles. The standard InChI is InChI=1S/C27H29Cl2N5O5/c1-3-11-32-17-23(35)33-20(13-24(36)37)25(38)31(15-19-9-10-27(2,29)21(28)12-19)16-22(33)34(32)26(39)30-14-18-7-5-4-6-8-18/h1,4-9,12,20,22H,10-11,13-17H2,2H3,(H,30,39)(H,36,37)/t20-,22-,27?/m0/s1. The van der Waals surface area contributed by atoms with Crippen molar-refractivity contribution < 1.29 is 24.3 Å². The number of hydrogen-bond acceptors (Lipinski definition) is 5. The zero-order chi connectivity index (χ0) is 28.3. The lowest BCUT2D eigenvalue weighted by molar-refractivity contribution is -0.189. The molecule has 1 aromatic carbocycles. The Kier molecular flexibility index (Phi) is 8.54. The van der Waals surface area contributed by atoms with Crippen molar-refractivity contribution in [2.45, 2.75) is 43.4 Å². The molecule has 1 aliphatic carbocycles. The summed E-state index contributed by atoms with van der Waals surface area (Å²) in [5.41, 5.74) is 1.58. The van der Waals surface area contributed by atoms with Gasteiger partial charge in [-0.25, -0.2) is 9.80 Å². The minimum absolute atomic E-state index is 0.0375. The number of nitrogens with zero attached hydrogens (tertiary/aromatic N) is 4. The number of terminal acetylenes is 1. The fraction of sp³-hybridized carbons (Fsp3) is 0.407. The van der Waals surface area contributed by atoms with Gasteiger partial charge in [-0.3, -0.25) is 14.4 Å². The van der Waals surface area contributed by atoms with Gasteiger partial charge in [-0.1, -0.05) is 53.9 Å². The number of hydrazine groups is 1. The number of amides is 4. The number of carboxylic acids is 1. The first-order valence-corrected chi connectivity index (χ1v) is 13.1. The van der Waals surface area contributed by atoms with Crippen LogP contribution in [0.4, 0.5) is 4.79 Å². The summed E-state index contributed by atoms with van der Waals surface area (Å²) in [5, 5.41) is 15.6. The number of rotatable bonds is 7. The topological polar surface area (TPSA) is 114 Å². The Labute approximate surface area is 236 Å². The minimum Gasteiger partial charge on any atom is -0.481 e. The van der Waals surface area contributed by atoms with Crippen LogP contribution in [0.1, 0.15) is 25.3 Å². The second kappa shape index (κ2) is 11.7. The molecule has 0 aromatic heterocycles. The summed E-state index contributed by atoms with van der Waals surface area (Å²) in [6, 6.07) is 7.45.